The van der Waals surface area contributed by atoms with E-state index in [4.69, 9.17) is 0 Å². The molecular weight excluding hydrogens is 446 g/mol. The molecule has 0 aliphatic carbocycles. The maximum atomic E-state index is 15.1. The van der Waals surface area contributed by atoms with E-state index in [9.17, 15) is 9.59 Å². The molecule has 1 aromatic carbocycles. The standard InChI is InChI=1S/C24H20F2N4O2S/c1-29-10-16(25)21(17(26)11-29)30-9-15(12-4-2-3-5-18(12)30)20-19(22(31)28-23(20)32)14-8-27-24-13(14)6-7-33-24/h2-9,16-17,21,27H,10-11H2,1H3,(H,28,31,32). The van der Waals surface area contributed by atoms with Gasteiger partial charge in [-0.15, -0.1) is 11.3 Å². The molecule has 0 saturated carbocycles. The van der Waals surface area contributed by atoms with Crippen molar-refractivity contribution in [3.05, 3.63) is 59.2 Å². The summed E-state index contributed by atoms with van der Waals surface area (Å²) in [6.45, 7) is 0.249. The number of nitrogens with one attached hydrogen (secondary N) is 2. The largest absolute Gasteiger partial charge is 0.352 e. The number of nitrogens with zero attached hydrogens (tertiary/aromatic N) is 2. The Morgan fingerprint density at radius 3 is 2.42 bits per heavy atom. The molecule has 168 valence electrons. The summed E-state index contributed by atoms with van der Waals surface area (Å²) in [4.78, 5) is 31.6. The number of rotatable bonds is 3. The number of fused-ring (bicyclic) bond motifs is 2. The third-order valence-electron chi connectivity index (χ3n) is 6.55. The van der Waals surface area contributed by atoms with E-state index >= 15 is 8.78 Å². The number of piperidine rings is 1. The zero-order valence-electron chi connectivity index (χ0n) is 17.6. The quantitative estimate of drug-likeness (QED) is 0.450. The Morgan fingerprint density at radius 1 is 0.970 bits per heavy atom. The lowest BCUT2D eigenvalue weighted by Gasteiger charge is -2.36. The molecule has 2 aliphatic rings. The highest BCUT2D eigenvalue weighted by atomic mass is 32.1. The van der Waals surface area contributed by atoms with Gasteiger partial charge in [0.05, 0.1) is 17.2 Å². The Bertz CT molecular complexity index is 1450. The molecule has 2 N–H and O–H groups in total. The summed E-state index contributed by atoms with van der Waals surface area (Å²) < 4.78 is 31.8. The molecule has 2 aliphatic heterocycles. The highest BCUT2D eigenvalue weighted by Crippen LogP contribution is 2.41. The van der Waals surface area contributed by atoms with Crippen LogP contribution in [0.1, 0.15) is 17.2 Å². The first kappa shape index (κ1) is 20.3. The zero-order valence-corrected chi connectivity index (χ0v) is 18.5. The molecule has 3 aromatic heterocycles. The van der Waals surface area contributed by atoms with E-state index in [1.165, 1.54) is 11.3 Å². The number of para-hydroxylation sites is 1. The smallest absolute Gasteiger partial charge is 0.259 e. The van der Waals surface area contributed by atoms with Gasteiger partial charge in [-0.1, -0.05) is 18.2 Å². The van der Waals surface area contributed by atoms with Crippen molar-refractivity contribution in [2.75, 3.05) is 20.1 Å². The Morgan fingerprint density at radius 2 is 1.67 bits per heavy atom. The number of benzene rings is 1. The number of alkyl halides is 2. The van der Waals surface area contributed by atoms with Gasteiger partial charge >= 0.3 is 0 Å². The highest BCUT2D eigenvalue weighted by molar-refractivity contribution is 7.16. The van der Waals surface area contributed by atoms with Gasteiger partial charge in [-0.3, -0.25) is 14.9 Å². The topological polar surface area (TPSA) is 70.1 Å². The lowest BCUT2D eigenvalue weighted by atomic mass is 9.96. The second-order valence-electron chi connectivity index (χ2n) is 8.61. The van der Waals surface area contributed by atoms with Gasteiger partial charge in [0.25, 0.3) is 11.8 Å². The second-order valence-corrected chi connectivity index (χ2v) is 9.53. The summed E-state index contributed by atoms with van der Waals surface area (Å²) in [7, 11) is 1.70. The van der Waals surface area contributed by atoms with E-state index in [0.29, 0.717) is 22.0 Å². The summed E-state index contributed by atoms with van der Waals surface area (Å²) in [6, 6.07) is 8.10. The van der Waals surface area contributed by atoms with Gasteiger partial charge in [0.15, 0.2) is 0 Å². The fourth-order valence-electron chi connectivity index (χ4n) is 5.14. The van der Waals surface area contributed by atoms with Gasteiger partial charge in [0.2, 0.25) is 0 Å². The van der Waals surface area contributed by atoms with Crippen molar-refractivity contribution in [1.82, 2.24) is 19.8 Å². The minimum Gasteiger partial charge on any atom is -0.352 e. The fourth-order valence-corrected chi connectivity index (χ4v) is 5.91. The van der Waals surface area contributed by atoms with Gasteiger partial charge < -0.3 is 14.5 Å². The van der Waals surface area contributed by atoms with E-state index in [0.717, 1.165) is 10.2 Å². The van der Waals surface area contributed by atoms with Crippen LogP contribution in [-0.4, -0.2) is 58.7 Å². The molecule has 0 bridgehead atoms. The number of aromatic nitrogens is 2. The van der Waals surface area contributed by atoms with Crippen LogP contribution in [0.3, 0.4) is 0 Å². The lowest BCUT2D eigenvalue weighted by Crippen LogP contribution is -2.47. The lowest BCUT2D eigenvalue weighted by molar-refractivity contribution is -0.122. The van der Waals surface area contributed by atoms with Crippen LogP contribution in [0.4, 0.5) is 8.78 Å². The Kier molecular flexibility index (Phi) is 4.53. The number of likely N-dealkylation sites (tertiary alicyclic amines) is 1. The molecule has 9 heteroatoms. The molecule has 5 heterocycles. The first-order chi connectivity index (χ1) is 15.9. The summed E-state index contributed by atoms with van der Waals surface area (Å²) in [5, 5.41) is 5.84. The van der Waals surface area contributed by atoms with Crippen LogP contribution in [0.25, 0.3) is 32.3 Å². The maximum Gasteiger partial charge on any atom is 0.259 e. The molecule has 1 saturated heterocycles. The van der Waals surface area contributed by atoms with Gasteiger partial charge in [-0.2, -0.15) is 0 Å². The third kappa shape index (κ3) is 2.99. The molecule has 0 spiro atoms. The fraction of sp³-hybridized carbons (Fsp3) is 0.250. The van der Waals surface area contributed by atoms with Crippen molar-refractivity contribution in [2.45, 2.75) is 18.4 Å². The van der Waals surface area contributed by atoms with Crippen LogP contribution in [0.15, 0.2) is 48.1 Å². The number of halogens is 2. The maximum absolute atomic E-state index is 15.1. The summed E-state index contributed by atoms with van der Waals surface area (Å²) >= 11 is 1.51. The van der Waals surface area contributed by atoms with E-state index in [1.807, 2.05) is 23.6 Å². The van der Waals surface area contributed by atoms with E-state index in [-0.39, 0.29) is 24.2 Å². The van der Waals surface area contributed by atoms with E-state index in [2.05, 4.69) is 10.3 Å². The number of carbonyl (C=O) groups excluding carboxylic acids is 2. The Balaban J connectivity index is 1.60. The SMILES string of the molecule is CN1CC(F)C(n2cc(C3=C(c4c[nH]c5sccc45)C(=O)NC3=O)c3ccccc32)C(F)C1. The number of thiophene rings is 1. The van der Waals surface area contributed by atoms with Gasteiger partial charge in [0, 0.05) is 52.9 Å². The van der Waals surface area contributed by atoms with Gasteiger partial charge in [-0.05, 0) is 24.6 Å². The monoisotopic (exact) mass is 466 g/mol. The van der Waals surface area contributed by atoms with Crippen molar-refractivity contribution >= 4 is 55.4 Å². The average Bonchev–Trinajstić information content (AvgIpc) is 3.51. The van der Waals surface area contributed by atoms with E-state index < -0.39 is 30.2 Å². The van der Waals surface area contributed by atoms with E-state index in [1.54, 1.807) is 41.0 Å². The van der Waals surface area contributed by atoms with Crippen molar-refractivity contribution in [2.24, 2.45) is 0 Å². The summed E-state index contributed by atoms with van der Waals surface area (Å²) in [5.74, 6) is -0.996. The number of hydrogen-bond donors (Lipinski definition) is 2. The van der Waals surface area contributed by atoms with Crippen molar-refractivity contribution in [3.63, 3.8) is 0 Å². The Labute approximate surface area is 191 Å². The number of carbonyl (C=O) groups is 2. The van der Waals surface area contributed by atoms with Crippen LogP contribution in [0, 0.1) is 0 Å². The number of H-pyrrole nitrogens is 1. The minimum atomic E-state index is -1.41. The number of imide groups is 1. The first-order valence-corrected chi connectivity index (χ1v) is 11.5. The number of hydrogen-bond acceptors (Lipinski definition) is 4. The van der Waals surface area contributed by atoms with Crippen LogP contribution >= 0.6 is 11.3 Å². The summed E-state index contributed by atoms with van der Waals surface area (Å²) in [5.41, 5.74) is 2.24. The third-order valence-corrected chi connectivity index (χ3v) is 7.39. The molecular formula is C24H20F2N4O2S. The molecule has 6 rings (SSSR count). The van der Waals surface area contributed by atoms with Crippen LogP contribution in [0.2, 0.25) is 0 Å². The molecule has 2 unspecified atom stereocenters. The summed E-state index contributed by atoms with van der Waals surface area (Å²) in [6.07, 6.45) is 0.528. The highest BCUT2D eigenvalue weighted by Gasteiger charge is 2.40. The molecule has 1 fully saturated rings. The molecule has 2 amide bonds. The van der Waals surface area contributed by atoms with Gasteiger partial charge in [-0.25, -0.2) is 8.78 Å². The molecule has 6 nitrogen and oxygen atoms in total. The zero-order chi connectivity index (χ0) is 22.9. The van der Waals surface area contributed by atoms with Crippen LogP contribution in [0.5, 0.6) is 0 Å². The molecule has 0 radical (unpaired) electrons. The Hall–Kier alpha value is -3.30. The predicted molar refractivity (Wildman–Crippen MR) is 124 cm³/mol. The normalized spacial score (nSPS) is 24.4. The number of amides is 2. The van der Waals surface area contributed by atoms with Crippen LogP contribution in [-0.2, 0) is 9.59 Å². The molecule has 2 atom stereocenters. The first-order valence-electron chi connectivity index (χ1n) is 10.7. The molecule has 4 aromatic rings. The van der Waals surface area contributed by atoms with Gasteiger partial charge in [0.1, 0.15) is 17.2 Å². The molecule has 33 heavy (non-hydrogen) atoms. The minimum absolute atomic E-state index is 0.124. The van der Waals surface area contributed by atoms with Crippen LogP contribution < -0.4 is 5.32 Å². The van der Waals surface area contributed by atoms with Crippen molar-refractivity contribution < 1.29 is 18.4 Å². The predicted octanol–water partition coefficient (Wildman–Crippen LogP) is 3.91. The average molecular weight is 467 g/mol. The van der Waals surface area contributed by atoms with Crippen molar-refractivity contribution in [3.8, 4) is 0 Å². The second kappa shape index (κ2) is 7.36. The number of aromatic amines is 1. The van der Waals surface area contributed by atoms with Crippen molar-refractivity contribution in [1.29, 1.82) is 0 Å².